The Labute approximate surface area is 106 Å². The standard InChI is InChI=1S/C11H20N2O3S/c1-3-8(9(14)15)13-10(16)12-7-11(17-2)5-4-6-11/h8H,3-7H2,1-2H3,(H,14,15)(H2,12,13,16)/t8-/m0/s1. The second-order valence-corrected chi connectivity index (χ2v) is 5.64. The lowest BCUT2D eigenvalue weighted by molar-refractivity contribution is -0.139. The molecule has 1 saturated carbocycles. The fourth-order valence-corrected chi connectivity index (χ4v) is 2.73. The van der Waals surface area contributed by atoms with Crippen LogP contribution in [-0.4, -0.2) is 40.7 Å². The van der Waals surface area contributed by atoms with Gasteiger partial charge in [-0.15, -0.1) is 0 Å². The molecule has 1 aliphatic rings. The van der Waals surface area contributed by atoms with Crippen LogP contribution in [0, 0.1) is 0 Å². The summed E-state index contributed by atoms with van der Waals surface area (Å²) in [6, 6.07) is -1.19. The second-order valence-electron chi connectivity index (χ2n) is 4.37. The van der Waals surface area contributed by atoms with Crippen LogP contribution in [0.1, 0.15) is 32.6 Å². The maximum atomic E-state index is 11.5. The summed E-state index contributed by atoms with van der Waals surface area (Å²) in [7, 11) is 0. The first kappa shape index (κ1) is 14.2. The van der Waals surface area contributed by atoms with Crippen LogP contribution < -0.4 is 10.6 Å². The quantitative estimate of drug-likeness (QED) is 0.675. The highest BCUT2D eigenvalue weighted by molar-refractivity contribution is 8.00. The van der Waals surface area contributed by atoms with Crippen molar-refractivity contribution in [3.8, 4) is 0 Å². The Kier molecular flexibility index (Phi) is 5.11. The van der Waals surface area contributed by atoms with E-state index in [0.29, 0.717) is 13.0 Å². The van der Waals surface area contributed by atoms with Crippen LogP contribution >= 0.6 is 11.8 Å². The predicted molar refractivity (Wildman–Crippen MR) is 68.3 cm³/mol. The summed E-state index contributed by atoms with van der Waals surface area (Å²) in [4.78, 5) is 22.3. The number of thioether (sulfide) groups is 1. The number of aliphatic carboxylic acids is 1. The third-order valence-corrected chi connectivity index (χ3v) is 4.70. The Balaban J connectivity index is 2.32. The van der Waals surface area contributed by atoms with E-state index in [1.54, 1.807) is 18.7 Å². The van der Waals surface area contributed by atoms with Gasteiger partial charge in [-0.1, -0.05) is 13.3 Å². The molecule has 1 rings (SSSR count). The van der Waals surface area contributed by atoms with Gasteiger partial charge in [-0.05, 0) is 25.5 Å². The van der Waals surface area contributed by atoms with Gasteiger partial charge in [0.05, 0.1) is 0 Å². The van der Waals surface area contributed by atoms with Crippen molar-refractivity contribution in [2.45, 2.75) is 43.4 Å². The molecule has 98 valence electrons. The largest absolute Gasteiger partial charge is 0.480 e. The van der Waals surface area contributed by atoms with Gasteiger partial charge in [0.25, 0.3) is 0 Å². The molecule has 0 aromatic carbocycles. The van der Waals surface area contributed by atoms with Crippen LogP contribution in [0.5, 0.6) is 0 Å². The Bertz CT molecular complexity index is 287. The molecule has 0 aliphatic heterocycles. The van der Waals surface area contributed by atoms with E-state index >= 15 is 0 Å². The van der Waals surface area contributed by atoms with E-state index in [0.717, 1.165) is 12.8 Å². The number of carboxylic acids is 1. The lowest BCUT2D eigenvalue weighted by Gasteiger charge is -2.40. The van der Waals surface area contributed by atoms with Gasteiger partial charge >= 0.3 is 12.0 Å². The van der Waals surface area contributed by atoms with Gasteiger partial charge < -0.3 is 15.7 Å². The number of hydrogen-bond donors (Lipinski definition) is 3. The van der Waals surface area contributed by atoms with Crippen molar-refractivity contribution in [3.63, 3.8) is 0 Å². The highest BCUT2D eigenvalue weighted by Crippen LogP contribution is 2.42. The molecular weight excluding hydrogens is 240 g/mol. The summed E-state index contributed by atoms with van der Waals surface area (Å²) in [5.41, 5.74) is 0. The molecule has 2 amide bonds. The minimum Gasteiger partial charge on any atom is -0.480 e. The van der Waals surface area contributed by atoms with Crippen LogP contribution in [0.15, 0.2) is 0 Å². The van der Waals surface area contributed by atoms with Gasteiger partial charge in [0.15, 0.2) is 0 Å². The average molecular weight is 260 g/mol. The van der Waals surface area contributed by atoms with Crippen molar-refractivity contribution in [3.05, 3.63) is 0 Å². The first-order valence-corrected chi connectivity index (χ1v) is 7.08. The topological polar surface area (TPSA) is 78.4 Å². The molecule has 1 fully saturated rings. The minimum absolute atomic E-state index is 0.169. The van der Waals surface area contributed by atoms with E-state index in [-0.39, 0.29) is 10.8 Å². The van der Waals surface area contributed by atoms with Gasteiger partial charge in [-0.2, -0.15) is 11.8 Å². The second kappa shape index (κ2) is 6.14. The van der Waals surface area contributed by atoms with Crippen molar-refractivity contribution in [1.82, 2.24) is 10.6 Å². The number of urea groups is 1. The molecule has 1 aliphatic carbocycles. The molecule has 17 heavy (non-hydrogen) atoms. The summed E-state index contributed by atoms with van der Waals surface area (Å²) in [6.45, 7) is 2.34. The molecule has 0 heterocycles. The van der Waals surface area contributed by atoms with Crippen LogP contribution in [-0.2, 0) is 4.79 Å². The molecule has 0 bridgehead atoms. The lowest BCUT2D eigenvalue weighted by atomic mass is 9.84. The molecule has 0 spiro atoms. The third-order valence-electron chi connectivity index (χ3n) is 3.28. The highest BCUT2D eigenvalue weighted by Gasteiger charge is 2.36. The molecule has 0 saturated heterocycles. The summed E-state index contributed by atoms with van der Waals surface area (Å²) in [6.07, 6.45) is 5.87. The van der Waals surface area contributed by atoms with Crippen molar-refractivity contribution in [2.75, 3.05) is 12.8 Å². The van der Waals surface area contributed by atoms with Gasteiger partial charge in [-0.3, -0.25) is 0 Å². The monoisotopic (exact) mass is 260 g/mol. The SMILES string of the molecule is CC[C@H](NC(=O)NCC1(SC)CCC1)C(=O)O. The van der Waals surface area contributed by atoms with Gasteiger partial charge in [0.1, 0.15) is 6.04 Å². The summed E-state index contributed by atoms with van der Waals surface area (Å²) in [5.74, 6) is -0.995. The molecule has 0 radical (unpaired) electrons. The molecule has 0 unspecified atom stereocenters. The normalized spacial score (nSPS) is 18.9. The summed E-state index contributed by atoms with van der Waals surface area (Å²) < 4.78 is 0.169. The number of hydrogen-bond acceptors (Lipinski definition) is 3. The van der Waals surface area contributed by atoms with Crippen LogP contribution in [0.3, 0.4) is 0 Å². The Hall–Kier alpha value is -0.910. The highest BCUT2D eigenvalue weighted by atomic mass is 32.2. The molecule has 0 aromatic rings. The maximum absolute atomic E-state index is 11.5. The van der Waals surface area contributed by atoms with Crippen molar-refractivity contribution in [2.24, 2.45) is 0 Å². The predicted octanol–water partition coefficient (Wildman–Crippen LogP) is 1.43. The van der Waals surface area contributed by atoms with Crippen molar-refractivity contribution in [1.29, 1.82) is 0 Å². The molecule has 3 N–H and O–H groups in total. The fourth-order valence-electron chi connectivity index (χ4n) is 1.81. The number of carboxylic acid groups (broad SMARTS) is 1. The van der Waals surface area contributed by atoms with Crippen LogP contribution in [0.4, 0.5) is 4.79 Å². The Morgan fingerprint density at radius 2 is 2.12 bits per heavy atom. The van der Waals surface area contributed by atoms with Gasteiger partial charge in [0, 0.05) is 11.3 Å². The zero-order chi connectivity index (χ0) is 12.9. The third kappa shape index (κ3) is 3.80. The lowest BCUT2D eigenvalue weighted by Crippen LogP contribution is -2.51. The van der Waals surface area contributed by atoms with Gasteiger partial charge in [-0.25, -0.2) is 9.59 Å². The molecule has 5 nitrogen and oxygen atoms in total. The maximum Gasteiger partial charge on any atom is 0.326 e. The smallest absolute Gasteiger partial charge is 0.326 e. The van der Waals surface area contributed by atoms with Crippen molar-refractivity contribution >= 4 is 23.8 Å². The molecular formula is C11H20N2O3S. The number of carbonyl (C=O) groups excluding carboxylic acids is 1. The number of rotatable bonds is 6. The number of amides is 2. The van der Waals surface area contributed by atoms with E-state index in [2.05, 4.69) is 10.6 Å². The van der Waals surface area contributed by atoms with Crippen molar-refractivity contribution < 1.29 is 14.7 Å². The molecule has 6 heteroatoms. The van der Waals surface area contributed by atoms with Crippen LogP contribution in [0.2, 0.25) is 0 Å². The number of nitrogens with one attached hydrogen (secondary N) is 2. The summed E-state index contributed by atoms with van der Waals surface area (Å²) in [5, 5.41) is 14.0. The first-order valence-electron chi connectivity index (χ1n) is 5.85. The van der Waals surface area contributed by atoms with E-state index < -0.39 is 12.0 Å². The van der Waals surface area contributed by atoms with Crippen LogP contribution in [0.25, 0.3) is 0 Å². The zero-order valence-electron chi connectivity index (χ0n) is 10.3. The fraction of sp³-hybridized carbons (Fsp3) is 0.818. The first-order chi connectivity index (χ1) is 8.03. The van der Waals surface area contributed by atoms with E-state index in [1.807, 2.05) is 6.26 Å². The average Bonchev–Trinajstić information content (AvgIpc) is 2.24. The van der Waals surface area contributed by atoms with E-state index in [4.69, 9.17) is 5.11 Å². The van der Waals surface area contributed by atoms with E-state index in [9.17, 15) is 9.59 Å². The molecule has 1 atom stereocenters. The molecule has 0 aromatic heterocycles. The Morgan fingerprint density at radius 3 is 2.47 bits per heavy atom. The minimum atomic E-state index is -0.995. The van der Waals surface area contributed by atoms with E-state index in [1.165, 1.54) is 6.42 Å². The Morgan fingerprint density at radius 1 is 1.47 bits per heavy atom. The van der Waals surface area contributed by atoms with Gasteiger partial charge in [0.2, 0.25) is 0 Å². The zero-order valence-corrected chi connectivity index (χ0v) is 11.1. The summed E-state index contributed by atoms with van der Waals surface area (Å²) >= 11 is 1.77. The number of carbonyl (C=O) groups is 2.